The maximum Gasteiger partial charge on any atom is 0.416 e. The Bertz CT molecular complexity index is 1190. The zero-order valence-corrected chi connectivity index (χ0v) is 19.7. The van der Waals surface area contributed by atoms with E-state index in [-0.39, 0.29) is 19.4 Å². The highest BCUT2D eigenvalue weighted by Crippen LogP contribution is 2.29. The second-order valence-electron chi connectivity index (χ2n) is 8.31. The van der Waals surface area contributed by atoms with Gasteiger partial charge in [0.25, 0.3) is 0 Å². The Labute approximate surface area is 211 Å². The monoisotopic (exact) mass is 513 g/mol. The molecular weight excluding hydrogens is 487 g/mol. The second-order valence-corrected chi connectivity index (χ2v) is 8.31. The van der Waals surface area contributed by atoms with Crippen molar-refractivity contribution in [1.82, 2.24) is 10.6 Å². The Hall–Kier alpha value is -4.34. The van der Waals surface area contributed by atoms with Crippen LogP contribution in [0.15, 0.2) is 84.9 Å². The lowest BCUT2D eigenvalue weighted by atomic mass is 10.0. The summed E-state index contributed by atoms with van der Waals surface area (Å²) in [7, 11) is 0. The normalized spacial score (nSPS) is 12.7. The number of alkyl halides is 3. The van der Waals surface area contributed by atoms with E-state index in [2.05, 4.69) is 10.6 Å². The summed E-state index contributed by atoms with van der Waals surface area (Å²) < 4.78 is 43.7. The van der Waals surface area contributed by atoms with Crippen LogP contribution in [0.1, 0.15) is 22.3 Å². The van der Waals surface area contributed by atoms with E-state index in [1.165, 1.54) is 12.1 Å². The maximum atomic E-state index is 13.1. The van der Waals surface area contributed by atoms with Crippen LogP contribution in [0.2, 0.25) is 0 Å². The summed E-state index contributed by atoms with van der Waals surface area (Å²) in [4.78, 5) is 37.6. The largest absolute Gasteiger partial charge is 0.445 e. The molecule has 0 saturated heterocycles. The summed E-state index contributed by atoms with van der Waals surface area (Å²) in [5.41, 5.74) is 6.48. The van der Waals surface area contributed by atoms with Crippen molar-refractivity contribution in [2.24, 2.45) is 5.73 Å². The van der Waals surface area contributed by atoms with Crippen LogP contribution in [0.25, 0.3) is 0 Å². The van der Waals surface area contributed by atoms with E-state index in [9.17, 15) is 27.6 Å². The molecule has 3 aromatic carbocycles. The first-order valence-corrected chi connectivity index (χ1v) is 11.4. The van der Waals surface area contributed by atoms with Crippen LogP contribution < -0.4 is 16.4 Å². The predicted molar refractivity (Wildman–Crippen MR) is 130 cm³/mol. The number of carbonyl (C=O) groups excluding carboxylic acids is 3. The summed E-state index contributed by atoms with van der Waals surface area (Å²) in [6.45, 7) is -0.00974. The average Bonchev–Trinajstić information content (AvgIpc) is 2.87. The number of hydrogen-bond donors (Lipinski definition) is 3. The van der Waals surface area contributed by atoms with E-state index >= 15 is 0 Å². The highest BCUT2D eigenvalue weighted by molar-refractivity contribution is 5.91. The van der Waals surface area contributed by atoms with Gasteiger partial charge < -0.3 is 21.1 Å². The number of alkyl carbamates (subject to hydrolysis) is 1. The molecule has 0 spiro atoms. The number of hydrogen-bond acceptors (Lipinski definition) is 4. The quantitative estimate of drug-likeness (QED) is 0.384. The first-order valence-electron chi connectivity index (χ1n) is 11.4. The lowest BCUT2D eigenvalue weighted by Crippen LogP contribution is -2.54. The molecule has 10 heteroatoms. The SMILES string of the molecule is NC(=O)[C@@H](Cc1ccc(C(F)(F)F)cc1)NC(=O)[C@@H](Cc1ccccc1)NC(=O)OCc1ccccc1. The molecule has 0 fully saturated rings. The summed E-state index contributed by atoms with van der Waals surface area (Å²) in [5, 5.41) is 5.02. The number of nitrogens with two attached hydrogens (primary N) is 1. The Morgan fingerprint density at radius 2 is 1.24 bits per heavy atom. The minimum Gasteiger partial charge on any atom is -0.445 e. The lowest BCUT2D eigenvalue weighted by molar-refractivity contribution is -0.137. The maximum absolute atomic E-state index is 13.1. The molecule has 0 heterocycles. The molecule has 0 saturated carbocycles. The van der Waals surface area contributed by atoms with Crippen molar-refractivity contribution in [3.05, 3.63) is 107 Å². The van der Waals surface area contributed by atoms with Crippen LogP contribution in [0.4, 0.5) is 18.0 Å². The van der Waals surface area contributed by atoms with Crippen LogP contribution in [0.5, 0.6) is 0 Å². The van der Waals surface area contributed by atoms with E-state index in [1.807, 2.05) is 6.07 Å². The van der Waals surface area contributed by atoms with Gasteiger partial charge in [-0.15, -0.1) is 0 Å². The summed E-state index contributed by atoms with van der Waals surface area (Å²) in [5.74, 6) is -1.57. The third-order valence-electron chi connectivity index (χ3n) is 5.48. The molecule has 0 aliphatic heterocycles. The number of carbonyl (C=O) groups is 3. The van der Waals surface area contributed by atoms with E-state index in [4.69, 9.17) is 10.5 Å². The number of rotatable bonds is 10. The smallest absolute Gasteiger partial charge is 0.416 e. The standard InChI is InChI=1S/C27H26F3N3O4/c28-27(29,30)21-13-11-19(12-14-21)15-22(24(31)34)32-25(35)23(16-18-7-3-1-4-8-18)33-26(36)37-17-20-9-5-2-6-10-20/h1-14,22-23H,15-17H2,(H2,31,34)(H,32,35)(H,33,36)/t22-,23-/m1/s1. The predicted octanol–water partition coefficient (Wildman–Crippen LogP) is 3.76. The van der Waals surface area contributed by atoms with E-state index < -0.39 is 41.7 Å². The van der Waals surface area contributed by atoms with Crippen molar-refractivity contribution in [3.63, 3.8) is 0 Å². The zero-order valence-electron chi connectivity index (χ0n) is 19.7. The zero-order chi connectivity index (χ0) is 26.8. The fraction of sp³-hybridized carbons (Fsp3) is 0.222. The van der Waals surface area contributed by atoms with Gasteiger partial charge in [0, 0.05) is 12.8 Å². The molecule has 0 radical (unpaired) electrons. The Balaban J connectivity index is 1.69. The van der Waals surface area contributed by atoms with Gasteiger partial charge in [0.2, 0.25) is 11.8 Å². The van der Waals surface area contributed by atoms with Crippen molar-refractivity contribution in [2.45, 2.75) is 37.7 Å². The molecule has 0 aliphatic rings. The minimum atomic E-state index is -4.50. The number of primary amides is 1. The van der Waals surface area contributed by atoms with E-state index in [0.29, 0.717) is 5.56 Å². The van der Waals surface area contributed by atoms with Gasteiger partial charge in [-0.25, -0.2) is 4.79 Å². The highest BCUT2D eigenvalue weighted by Gasteiger charge is 2.30. The first-order chi connectivity index (χ1) is 17.6. The van der Waals surface area contributed by atoms with E-state index in [1.54, 1.807) is 54.6 Å². The number of halogens is 3. The number of amides is 3. The Morgan fingerprint density at radius 3 is 1.78 bits per heavy atom. The molecule has 194 valence electrons. The van der Waals surface area contributed by atoms with Crippen molar-refractivity contribution >= 4 is 17.9 Å². The molecule has 3 rings (SSSR count). The van der Waals surface area contributed by atoms with Crippen molar-refractivity contribution in [1.29, 1.82) is 0 Å². The number of ether oxygens (including phenoxy) is 1. The van der Waals surface area contributed by atoms with Crippen LogP contribution in [0.3, 0.4) is 0 Å². The van der Waals surface area contributed by atoms with E-state index in [0.717, 1.165) is 23.3 Å². The molecule has 37 heavy (non-hydrogen) atoms. The molecule has 3 aromatic rings. The minimum absolute atomic E-state index is 0.00974. The van der Waals surface area contributed by atoms with Gasteiger partial charge >= 0.3 is 12.3 Å². The second kappa shape index (κ2) is 12.6. The number of benzene rings is 3. The topological polar surface area (TPSA) is 111 Å². The van der Waals surface area contributed by atoms with Crippen molar-refractivity contribution in [2.75, 3.05) is 0 Å². The van der Waals surface area contributed by atoms with Crippen molar-refractivity contribution < 1.29 is 32.3 Å². The van der Waals surface area contributed by atoms with Crippen LogP contribution in [-0.4, -0.2) is 30.0 Å². The summed E-state index contributed by atoms with van der Waals surface area (Å²) in [6.07, 6.45) is -5.37. The summed E-state index contributed by atoms with van der Waals surface area (Å²) >= 11 is 0. The first kappa shape index (κ1) is 27.3. The van der Waals surface area contributed by atoms with Crippen LogP contribution in [-0.2, 0) is 40.0 Å². The van der Waals surface area contributed by atoms with Gasteiger partial charge in [0.15, 0.2) is 0 Å². The Morgan fingerprint density at radius 1 is 0.730 bits per heavy atom. The molecule has 2 atom stereocenters. The van der Waals surface area contributed by atoms with Gasteiger partial charge in [-0.3, -0.25) is 9.59 Å². The molecule has 7 nitrogen and oxygen atoms in total. The molecule has 0 aromatic heterocycles. The molecule has 0 bridgehead atoms. The van der Waals surface area contributed by atoms with Crippen molar-refractivity contribution in [3.8, 4) is 0 Å². The van der Waals surface area contributed by atoms with Crippen LogP contribution >= 0.6 is 0 Å². The third-order valence-corrected chi connectivity index (χ3v) is 5.48. The molecular formula is C27H26F3N3O4. The highest BCUT2D eigenvalue weighted by atomic mass is 19.4. The van der Waals surface area contributed by atoms with Gasteiger partial charge in [-0.05, 0) is 28.8 Å². The fourth-order valence-corrected chi connectivity index (χ4v) is 3.53. The molecule has 0 unspecified atom stereocenters. The van der Waals surface area contributed by atoms with Gasteiger partial charge in [0.1, 0.15) is 18.7 Å². The Kier molecular flexibility index (Phi) is 9.26. The molecule has 4 N–H and O–H groups in total. The average molecular weight is 514 g/mol. The van der Waals surface area contributed by atoms with Gasteiger partial charge in [-0.2, -0.15) is 13.2 Å². The van der Waals surface area contributed by atoms with Crippen LogP contribution in [0, 0.1) is 0 Å². The molecule has 0 aliphatic carbocycles. The summed E-state index contributed by atoms with van der Waals surface area (Å²) in [6, 6.07) is 19.7. The van der Waals surface area contributed by atoms with Gasteiger partial charge in [0.05, 0.1) is 5.56 Å². The lowest BCUT2D eigenvalue weighted by Gasteiger charge is -2.22. The number of nitrogens with one attached hydrogen (secondary N) is 2. The van der Waals surface area contributed by atoms with Gasteiger partial charge in [-0.1, -0.05) is 72.8 Å². The molecule has 3 amide bonds. The fourth-order valence-electron chi connectivity index (χ4n) is 3.53. The third kappa shape index (κ3) is 8.68.